The molecule has 14 heteroatoms. The zero-order valence-electron chi connectivity index (χ0n) is 11.8. The van der Waals surface area contributed by atoms with Crippen molar-refractivity contribution in [3.8, 4) is 0 Å². The standard InChI is InChI=1S/C12H6F13N/c13-7(14,5-2-1-3-6(26)4-5)8(15,16)9(17,18)10(19,20)11(21,22)12(23,24)25/h1-4H,26H2. The van der Waals surface area contributed by atoms with Gasteiger partial charge in [-0.15, -0.1) is 0 Å². The van der Waals surface area contributed by atoms with Crippen LogP contribution in [0.15, 0.2) is 24.3 Å². The Balaban J connectivity index is 3.58. The van der Waals surface area contributed by atoms with E-state index in [1.807, 2.05) is 0 Å². The van der Waals surface area contributed by atoms with Crippen molar-refractivity contribution in [2.75, 3.05) is 5.73 Å². The lowest BCUT2D eigenvalue weighted by atomic mass is 9.90. The molecule has 0 aliphatic carbocycles. The summed E-state index contributed by atoms with van der Waals surface area (Å²) < 4.78 is 168. The Kier molecular flexibility index (Phi) is 4.95. The third-order valence-electron chi connectivity index (χ3n) is 3.18. The molecule has 150 valence electrons. The van der Waals surface area contributed by atoms with Crippen LogP contribution in [-0.2, 0) is 5.92 Å². The molecule has 0 aliphatic rings. The molecule has 0 bridgehead atoms. The molecular formula is C12H6F13N. The highest BCUT2D eigenvalue weighted by molar-refractivity contribution is 5.43. The SMILES string of the molecule is Nc1cccc(C(F)(F)C(F)(F)C(F)(F)C(F)(F)C(F)(F)C(F)(F)F)c1. The number of nitrogens with two attached hydrogens (primary N) is 1. The van der Waals surface area contributed by atoms with E-state index in [0.717, 1.165) is 6.07 Å². The summed E-state index contributed by atoms with van der Waals surface area (Å²) in [5.74, 6) is -37.1. The lowest BCUT2D eigenvalue weighted by molar-refractivity contribution is -0.441. The second-order valence-corrected chi connectivity index (χ2v) is 5.00. The first-order valence-corrected chi connectivity index (χ1v) is 6.07. The normalized spacial score (nSPS) is 15.3. The van der Waals surface area contributed by atoms with Gasteiger partial charge in [0.1, 0.15) is 0 Å². The quantitative estimate of drug-likeness (QED) is 0.505. The molecule has 0 radical (unpaired) electrons. The fraction of sp³-hybridized carbons (Fsp3) is 0.500. The van der Waals surface area contributed by atoms with E-state index in [2.05, 4.69) is 0 Å². The summed E-state index contributed by atoms with van der Waals surface area (Å²) in [4.78, 5) is 0. The van der Waals surface area contributed by atoms with Crippen molar-refractivity contribution < 1.29 is 57.1 Å². The molecule has 1 nitrogen and oxygen atoms in total. The van der Waals surface area contributed by atoms with Crippen molar-refractivity contribution in [3.63, 3.8) is 0 Å². The topological polar surface area (TPSA) is 26.0 Å². The molecule has 1 aromatic carbocycles. The molecule has 0 atom stereocenters. The van der Waals surface area contributed by atoms with Crippen molar-refractivity contribution in [1.82, 2.24) is 0 Å². The lowest BCUT2D eigenvalue weighted by Crippen LogP contribution is -2.69. The van der Waals surface area contributed by atoms with Gasteiger partial charge in [-0.1, -0.05) is 12.1 Å². The van der Waals surface area contributed by atoms with Crippen molar-refractivity contribution in [2.45, 2.75) is 35.8 Å². The Morgan fingerprint density at radius 2 is 1.00 bits per heavy atom. The zero-order chi connectivity index (χ0) is 21.0. The third-order valence-corrected chi connectivity index (χ3v) is 3.18. The van der Waals surface area contributed by atoms with E-state index in [9.17, 15) is 57.1 Å². The molecule has 0 aliphatic heterocycles. The third kappa shape index (κ3) is 2.82. The summed E-state index contributed by atoms with van der Waals surface area (Å²) in [5.41, 5.74) is 2.11. The molecule has 0 unspecified atom stereocenters. The summed E-state index contributed by atoms with van der Waals surface area (Å²) >= 11 is 0. The highest BCUT2D eigenvalue weighted by Gasteiger charge is 2.90. The number of nitrogen functional groups attached to an aromatic ring is 1. The van der Waals surface area contributed by atoms with E-state index in [4.69, 9.17) is 5.73 Å². The minimum absolute atomic E-state index is 0.0143. The van der Waals surface area contributed by atoms with Gasteiger partial charge < -0.3 is 5.73 Å². The van der Waals surface area contributed by atoms with Gasteiger partial charge in [-0.25, -0.2) is 0 Å². The predicted octanol–water partition coefficient (Wildman–Crippen LogP) is 5.46. The average molecular weight is 411 g/mol. The number of anilines is 1. The van der Waals surface area contributed by atoms with Crippen LogP contribution >= 0.6 is 0 Å². The predicted molar refractivity (Wildman–Crippen MR) is 60.6 cm³/mol. The van der Waals surface area contributed by atoms with Gasteiger partial charge in [0.2, 0.25) is 0 Å². The molecular weight excluding hydrogens is 405 g/mol. The van der Waals surface area contributed by atoms with Crippen LogP contribution in [0.1, 0.15) is 5.56 Å². The van der Waals surface area contributed by atoms with Crippen LogP contribution in [0, 0.1) is 0 Å². The Bertz CT molecular complexity index is 661. The van der Waals surface area contributed by atoms with Crippen LogP contribution in [0.2, 0.25) is 0 Å². The van der Waals surface area contributed by atoms with Gasteiger partial charge in [-0.05, 0) is 12.1 Å². The molecule has 0 fully saturated rings. The van der Waals surface area contributed by atoms with E-state index in [-0.39, 0.29) is 12.1 Å². The molecule has 1 rings (SSSR count). The van der Waals surface area contributed by atoms with Gasteiger partial charge in [-0.2, -0.15) is 57.1 Å². The van der Waals surface area contributed by atoms with Gasteiger partial charge in [0.25, 0.3) is 0 Å². The molecule has 0 amide bonds. The summed E-state index contributed by atoms with van der Waals surface area (Å²) in [6.45, 7) is 0. The Morgan fingerprint density at radius 1 is 0.577 bits per heavy atom. The van der Waals surface area contributed by atoms with Gasteiger partial charge in [0, 0.05) is 11.3 Å². The smallest absolute Gasteiger partial charge is 0.399 e. The summed E-state index contributed by atoms with van der Waals surface area (Å²) in [6.07, 6.45) is -7.43. The first kappa shape index (κ1) is 22.2. The van der Waals surface area contributed by atoms with E-state index in [1.165, 1.54) is 0 Å². The maximum absolute atomic E-state index is 13.7. The Labute approximate surface area is 135 Å². The van der Waals surface area contributed by atoms with E-state index in [1.54, 1.807) is 0 Å². The maximum atomic E-state index is 13.7. The number of alkyl halides is 13. The van der Waals surface area contributed by atoms with Crippen LogP contribution in [-0.4, -0.2) is 29.9 Å². The average Bonchev–Trinajstić information content (AvgIpc) is 2.45. The second kappa shape index (κ2) is 5.81. The molecule has 0 saturated carbocycles. The molecule has 26 heavy (non-hydrogen) atoms. The number of hydrogen-bond donors (Lipinski definition) is 1. The van der Waals surface area contributed by atoms with Crippen LogP contribution < -0.4 is 5.73 Å². The van der Waals surface area contributed by atoms with E-state index < -0.39 is 47.0 Å². The van der Waals surface area contributed by atoms with Gasteiger partial charge in [0.05, 0.1) is 0 Å². The largest absolute Gasteiger partial charge is 0.460 e. The van der Waals surface area contributed by atoms with Crippen molar-refractivity contribution >= 4 is 5.69 Å². The Hall–Kier alpha value is -1.89. The monoisotopic (exact) mass is 411 g/mol. The number of rotatable bonds is 5. The van der Waals surface area contributed by atoms with E-state index >= 15 is 0 Å². The van der Waals surface area contributed by atoms with Crippen LogP contribution in [0.25, 0.3) is 0 Å². The van der Waals surface area contributed by atoms with Crippen molar-refractivity contribution in [2.24, 2.45) is 0 Å². The highest BCUT2D eigenvalue weighted by Crippen LogP contribution is 2.62. The number of hydrogen-bond acceptors (Lipinski definition) is 1. The fourth-order valence-electron chi connectivity index (χ4n) is 1.68. The number of halogens is 13. The second-order valence-electron chi connectivity index (χ2n) is 5.00. The van der Waals surface area contributed by atoms with Crippen molar-refractivity contribution in [3.05, 3.63) is 29.8 Å². The minimum atomic E-state index is -7.91. The minimum Gasteiger partial charge on any atom is -0.399 e. The molecule has 0 heterocycles. The summed E-state index contributed by atoms with van der Waals surface area (Å²) in [6, 6.07) is 1.25. The molecule has 0 spiro atoms. The van der Waals surface area contributed by atoms with Crippen LogP contribution in [0.5, 0.6) is 0 Å². The van der Waals surface area contributed by atoms with Gasteiger partial charge in [-0.3, -0.25) is 0 Å². The fourth-order valence-corrected chi connectivity index (χ4v) is 1.68. The zero-order valence-corrected chi connectivity index (χ0v) is 11.8. The molecule has 1 aromatic rings. The summed E-state index contributed by atoms with van der Waals surface area (Å²) in [5, 5.41) is 0. The Morgan fingerprint density at radius 3 is 1.38 bits per heavy atom. The first-order valence-electron chi connectivity index (χ1n) is 6.07. The van der Waals surface area contributed by atoms with Crippen molar-refractivity contribution in [1.29, 1.82) is 0 Å². The number of benzene rings is 1. The molecule has 0 saturated heterocycles. The molecule has 0 aromatic heterocycles. The van der Waals surface area contributed by atoms with Crippen LogP contribution in [0.4, 0.5) is 62.8 Å². The van der Waals surface area contributed by atoms with Gasteiger partial charge in [0.15, 0.2) is 0 Å². The van der Waals surface area contributed by atoms with E-state index in [0.29, 0.717) is 6.07 Å². The maximum Gasteiger partial charge on any atom is 0.460 e. The lowest BCUT2D eigenvalue weighted by Gasteiger charge is -2.39. The molecule has 2 N–H and O–H groups in total. The van der Waals surface area contributed by atoms with Gasteiger partial charge >= 0.3 is 35.8 Å². The highest BCUT2D eigenvalue weighted by atomic mass is 19.4. The first-order chi connectivity index (χ1) is 11.2. The summed E-state index contributed by atoms with van der Waals surface area (Å²) in [7, 11) is 0. The van der Waals surface area contributed by atoms with Crippen LogP contribution in [0.3, 0.4) is 0 Å².